The number of nitrogens with zero attached hydrogens (tertiary/aromatic N) is 1. The number of fused-ring (bicyclic) bond motifs is 1. The van der Waals surface area contributed by atoms with Crippen LogP contribution in [0.25, 0.3) is 22.6 Å². The van der Waals surface area contributed by atoms with Gasteiger partial charge in [-0.3, -0.25) is 4.79 Å². The fourth-order valence-corrected chi connectivity index (χ4v) is 3.25. The van der Waals surface area contributed by atoms with Gasteiger partial charge in [-0.15, -0.1) is 0 Å². The van der Waals surface area contributed by atoms with E-state index in [2.05, 4.69) is 10.3 Å². The summed E-state index contributed by atoms with van der Waals surface area (Å²) in [6.07, 6.45) is 0. The smallest absolute Gasteiger partial charge is 0.259 e. The van der Waals surface area contributed by atoms with E-state index in [1.165, 1.54) is 0 Å². The van der Waals surface area contributed by atoms with Gasteiger partial charge in [-0.2, -0.15) is 0 Å². The Kier molecular flexibility index (Phi) is 4.75. The number of para-hydroxylation sites is 3. The number of aryl methyl sites for hydroxylation is 1. The number of methoxy groups -OCH3 is 1. The number of aromatic nitrogens is 1. The van der Waals surface area contributed by atoms with E-state index < -0.39 is 0 Å². The predicted octanol–water partition coefficient (Wildman–Crippen LogP) is 5.72. The number of carbonyl (C=O) groups excluding carboxylic acids is 1. The first kappa shape index (κ1) is 18.1. The van der Waals surface area contributed by atoms with Crippen LogP contribution in [-0.4, -0.2) is 18.0 Å². The number of ether oxygens (including phenoxy) is 1. The average Bonchev–Trinajstić information content (AvgIpc) is 3.13. The third kappa shape index (κ3) is 3.32. The molecular weight excluding hydrogens is 376 g/mol. The molecule has 0 aliphatic heterocycles. The molecule has 28 heavy (non-hydrogen) atoms. The Bertz CT molecular complexity index is 1150. The summed E-state index contributed by atoms with van der Waals surface area (Å²) in [5, 5.41) is 3.37. The summed E-state index contributed by atoms with van der Waals surface area (Å²) in [7, 11) is 1.55. The third-order valence-corrected chi connectivity index (χ3v) is 4.74. The van der Waals surface area contributed by atoms with Crippen molar-refractivity contribution in [3.63, 3.8) is 0 Å². The fourth-order valence-electron chi connectivity index (χ4n) is 3.05. The maximum atomic E-state index is 12.8. The lowest BCUT2D eigenvalue weighted by molar-refractivity contribution is 0.102. The van der Waals surface area contributed by atoms with E-state index in [0.717, 1.165) is 11.1 Å². The minimum atomic E-state index is -0.272. The first-order valence-electron chi connectivity index (χ1n) is 8.67. The minimum Gasteiger partial charge on any atom is -0.496 e. The molecule has 0 unspecified atom stereocenters. The van der Waals surface area contributed by atoms with Gasteiger partial charge in [-0.25, -0.2) is 4.98 Å². The van der Waals surface area contributed by atoms with E-state index in [0.29, 0.717) is 39.1 Å². The highest BCUT2D eigenvalue weighted by molar-refractivity contribution is 6.33. The summed E-state index contributed by atoms with van der Waals surface area (Å²) >= 11 is 6.35. The van der Waals surface area contributed by atoms with Gasteiger partial charge >= 0.3 is 0 Å². The number of anilines is 1. The first-order chi connectivity index (χ1) is 13.6. The second kappa shape index (κ2) is 7.37. The van der Waals surface area contributed by atoms with Crippen LogP contribution < -0.4 is 10.1 Å². The van der Waals surface area contributed by atoms with Crippen LogP contribution in [0.5, 0.6) is 5.75 Å². The van der Waals surface area contributed by atoms with E-state index >= 15 is 0 Å². The predicted molar refractivity (Wildman–Crippen MR) is 110 cm³/mol. The molecule has 1 aromatic heterocycles. The molecule has 0 spiro atoms. The Morgan fingerprint density at radius 3 is 2.71 bits per heavy atom. The molecule has 0 aliphatic rings. The van der Waals surface area contributed by atoms with Crippen LogP contribution in [0.15, 0.2) is 65.1 Å². The average molecular weight is 393 g/mol. The lowest BCUT2D eigenvalue weighted by atomic mass is 10.1. The topological polar surface area (TPSA) is 64.4 Å². The molecule has 3 aromatic carbocycles. The number of oxazole rings is 1. The molecular formula is C22H17ClN2O3. The zero-order valence-corrected chi connectivity index (χ0v) is 16.1. The fraction of sp³-hybridized carbons (Fsp3) is 0.0909. The number of rotatable bonds is 4. The van der Waals surface area contributed by atoms with Gasteiger partial charge < -0.3 is 14.5 Å². The third-order valence-electron chi connectivity index (χ3n) is 4.41. The van der Waals surface area contributed by atoms with Crippen molar-refractivity contribution in [3.8, 4) is 17.2 Å². The highest BCUT2D eigenvalue weighted by atomic mass is 35.5. The van der Waals surface area contributed by atoms with Crippen molar-refractivity contribution in [2.75, 3.05) is 12.4 Å². The van der Waals surface area contributed by atoms with Crippen LogP contribution in [0.4, 0.5) is 5.69 Å². The molecule has 1 heterocycles. The number of amides is 1. The second-order valence-electron chi connectivity index (χ2n) is 6.29. The van der Waals surface area contributed by atoms with Gasteiger partial charge in [0, 0.05) is 5.69 Å². The Labute approximate surface area is 166 Å². The van der Waals surface area contributed by atoms with Crippen LogP contribution in [0.1, 0.15) is 15.9 Å². The molecule has 1 amide bonds. The van der Waals surface area contributed by atoms with Gasteiger partial charge in [-0.05, 0) is 48.9 Å². The zero-order chi connectivity index (χ0) is 19.7. The molecule has 0 saturated heterocycles. The molecule has 4 aromatic rings. The highest BCUT2D eigenvalue weighted by Crippen LogP contribution is 2.32. The van der Waals surface area contributed by atoms with Gasteiger partial charge in [0.1, 0.15) is 11.3 Å². The molecule has 140 valence electrons. The summed E-state index contributed by atoms with van der Waals surface area (Å²) in [5.41, 5.74) is 3.95. The Hall–Kier alpha value is -3.31. The molecule has 0 fully saturated rings. The highest BCUT2D eigenvalue weighted by Gasteiger charge is 2.16. The maximum absolute atomic E-state index is 12.8. The number of hydrogen-bond acceptors (Lipinski definition) is 4. The quantitative estimate of drug-likeness (QED) is 0.482. The van der Waals surface area contributed by atoms with Crippen LogP contribution in [-0.2, 0) is 0 Å². The van der Waals surface area contributed by atoms with Crippen molar-refractivity contribution in [3.05, 3.63) is 76.8 Å². The Balaban J connectivity index is 1.68. The van der Waals surface area contributed by atoms with E-state index in [-0.39, 0.29) is 5.91 Å². The van der Waals surface area contributed by atoms with Crippen molar-refractivity contribution in [1.82, 2.24) is 4.98 Å². The van der Waals surface area contributed by atoms with Crippen molar-refractivity contribution in [2.24, 2.45) is 0 Å². The van der Waals surface area contributed by atoms with E-state index in [1.54, 1.807) is 31.4 Å². The molecule has 5 nitrogen and oxygen atoms in total. The maximum Gasteiger partial charge on any atom is 0.259 e. The summed E-state index contributed by atoms with van der Waals surface area (Å²) in [4.78, 5) is 17.2. The summed E-state index contributed by atoms with van der Waals surface area (Å²) in [6.45, 7) is 1.89. The monoisotopic (exact) mass is 392 g/mol. The molecule has 0 aliphatic carbocycles. The first-order valence-corrected chi connectivity index (χ1v) is 9.05. The largest absolute Gasteiger partial charge is 0.496 e. The molecule has 4 rings (SSSR count). The minimum absolute atomic E-state index is 0.272. The SMILES string of the molecule is COc1c(C)cccc1C(=O)Nc1ccc(Cl)c(-c2nc3ccccc3o2)c1. The number of hydrogen-bond donors (Lipinski definition) is 1. The lowest BCUT2D eigenvalue weighted by Gasteiger charge is -2.12. The lowest BCUT2D eigenvalue weighted by Crippen LogP contribution is -2.13. The second-order valence-corrected chi connectivity index (χ2v) is 6.70. The van der Waals surface area contributed by atoms with Gasteiger partial charge in [0.15, 0.2) is 5.58 Å². The van der Waals surface area contributed by atoms with Gasteiger partial charge in [-0.1, -0.05) is 35.9 Å². The molecule has 0 atom stereocenters. The Morgan fingerprint density at radius 2 is 1.93 bits per heavy atom. The van der Waals surface area contributed by atoms with Crippen LogP contribution in [0.3, 0.4) is 0 Å². The van der Waals surface area contributed by atoms with E-state index in [9.17, 15) is 4.79 Å². The molecule has 0 bridgehead atoms. The van der Waals surface area contributed by atoms with Crippen LogP contribution in [0.2, 0.25) is 5.02 Å². The van der Waals surface area contributed by atoms with Crippen molar-refractivity contribution in [1.29, 1.82) is 0 Å². The number of nitrogens with one attached hydrogen (secondary N) is 1. The number of benzene rings is 3. The van der Waals surface area contributed by atoms with Gasteiger partial charge in [0.05, 0.1) is 23.3 Å². The van der Waals surface area contributed by atoms with Crippen LogP contribution >= 0.6 is 11.6 Å². The van der Waals surface area contributed by atoms with Crippen molar-refractivity contribution < 1.29 is 13.9 Å². The van der Waals surface area contributed by atoms with E-state index in [4.69, 9.17) is 20.8 Å². The standard InChI is InChI=1S/C22H17ClN2O3/c1-13-6-5-7-15(20(13)27-2)21(26)24-14-10-11-17(23)16(12-14)22-25-18-8-3-4-9-19(18)28-22/h3-12H,1-2H3,(H,24,26). The summed E-state index contributed by atoms with van der Waals surface area (Å²) < 4.78 is 11.2. The van der Waals surface area contributed by atoms with Gasteiger partial charge in [0.2, 0.25) is 5.89 Å². The summed E-state index contributed by atoms with van der Waals surface area (Å²) in [5.74, 6) is 0.676. The molecule has 0 saturated carbocycles. The van der Waals surface area contributed by atoms with Crippen molar-refractivity contribution in [2.45, 2.75) is 6.92 Å². The Morgan fingerprint density at radius 1 is 1.11 bits per heavy atom. The molecule has 6 heteroatoms. The van der Waals surface area contributed by atoms with Crippen molar-refractivity contribution >= 4 is 34.3 Å². The summed E-state index contributed by atoms with van der Waals surface area (Å²) in [6, 6.07) is 18.1. The van der Waals surface area contributed by atoms with E-state index in [1.807, 2.05) is 43.3 Å². The number of halogens is 1. The molecule has 1 N–H and O–H groups in total. The zero-order valence-electron chi connectivity index (χ0n) is 15.3. The normalized spacial score (nSPS) is 10.8. The molecule has 0 radical (unpaired) electrons. The van der Waals surface area contributed by atoms with Gasteiger partial charge in [0.25, 0.3) is 5.91 Å². The van der Waals surface area contributed by atoms with Crippen LogP contribution in [0, 0.1) is 6.92 Å². The number of carbonyl (C=O) groups is 1.